The lowest BCUT2D eigenvalue weighted by Gasteiger charge is -2.12. The van der Waals surface area contributed by atoms with Gasteiger partial charge in [-0.3, -0.25) is 0 Å². The Bertz CT molecular complexity index is 636. The quantitative estimate of drug-likeness (QED) is 0.336. The number of hydrogen-bond donors (Lipinski definition) is 0. The Morgan fingerprint density at radius 3 is 2.18 bits per heavy atom. The van der Waals surface area contributed by atoms with Gasteiger partial charge in [-0.2, -0.15) is 0 Å². The van der Waals surface area contributed by atoms with Crippen LogP contribution in [0.3, 0.4) is 0 Å². The van der Waals surface area contributed by atoms with Gasteiger partial charge in [0.25, 0.3) is 0 Å². The Hall–Kier alpha value is -2.20. The molecule has 0 spiro atoms. The van der Waals surface area contributed by atoms with Crippen molar-refractivity contribution in [1.82, 2.24) is 0 Å². The highest BCUT2D eigenvalue weighted by Crippen LogP contribution is 2.30. The molecule has 0 aliphatic rings. The van der Waals surface area contributed by atoms with Crippen LogP contribution in [0, 0.1) is 0 Å². The Kier molecular flexibility index (Phi) is 6.10. The third kappa shape index (κ3) is 4.67. The molecule has 22 heavy (non-hydrogen) atoms. The van der Waals surface area contributed by atoms with Crippen LogP contribution in [0.4, 0.5) is 0 Å². The van der Waals surface area contributed by atoms with Crippen LogP contribution in [0.5, 0.6) is 5.75 Å². The SMILES string of the molecule is CCOC(=O)/C(Sc1ccccc1)=C(/C)Oc1ccccc1. The van der Waals surface area contributed by atoms with Crippen molar-refractivity contribution in [3.05, 3.63) is 71.3 Å². The van der Waals surface area contributed by atoms with Crippen LogP contribution >= 0.6 is 11.8 Å². The fourth-order valence-corrected chi connectivity index (χ4v) is 2.63. The van der Waals surface area contributed by atoms with Gasteiger partial charge in [-0.1, -0.05) is 48.2 Å². The molecule has 0 radical (unpaired) electrons. The van der Waals surface area contributed by atoms with E-state index in [-0.39, 0.29) is 5.97 Å². The molecule has 0 aliphatic carbocycles. The predicted octanol–water partition coefficient (Wildman–Crippen LogP) is 4.65. The van der Waals surface area contributed by atoms with Crippen LogP contribution in [-0.2, 0) is 9.53 Å². The number of carbonyl (C=O) groups is 1. The van der Waals surface area contributed by atoms with Crippen LogP contribution in [0.25, 0.3) is 0 Å². The molecular formula is C18H18O3S. The van der Waals surface area contributed by atoms with Crippen LogP contribution in [0.15, 0.2) is 76.2 Å². The topological polar surface area (TPSA) is 35.5 Å². The highest BCUT2D eigenvalue weighted by atomic mass is 32.2. The molecule has 0 bridgehead atoms. The Balaban J connectivity index is 2.25. The molecule has 0 fully saturated rings. The second-order valence-electron chi connectivity index (χ2n) is 4.44. The van der Waals surface area contributed by atoms with Crippen molar-refractivity contribution in [2.45, 2.75) is 18.7 Å². The number of carbonyl (C=O) groups excluding carboxylic acids is 1. The van der Waals surface area contributed by atoms with Crippen molar-refractivity contribution >= 4 is 17.7 Å². The van der Waals surface area contributed by atoms with Crippen molar-refractivity contribution in [2.24, 2.45) is 0 Å². The van der Waals surface area contributed by atoms with Crippen LogP contribution in [0.2, 0.25) is 0 Å². The van der Waals surface area contributed by atoms with E-state index in [0.29, 0.717) is 23.0 Å². The molecule has 3 nitrogen and oxygen atoms in total. The number of rotatable bonds is 6. The number of hydrogen-bond acceptors (Lipinski definition) is 4. The highest BCUT2D eigenvalue weighted by molar-refractivity contribution is 8.04. The first-order valence-corrected chi connectivity index (χ1v) is 7.86. The van der Waals surface area contributed by atoms with Gasteiger partial charge in [0.15, 0.2) is 0 Å². The minimum atomic E-state index is -0.371. The molecule has 2 rings (SSSR count). The molecule has 2 aromatic rings. The fourth-order valence-electron chi connectivity index (χ4n) is 1.77. The lowest BCUT2D eigenvalue weighted by Crippen LogP contribution is -2.09. The van der Waals surface area contributed by atoms with Crippen molar-refractivity contribution in [3.8, 4) is 5.75 Å². The first kappa shape index (κ1) is 16.2. The van der Waals surface area contributed by atoms with Gasteiger partial charge in [-0.05, 0) is 38.1 Å². The maximum Gasteiger partial charge on any atom is 0.348 e. The normalized spacial score (nSPS) is 11.5. The smallest absolute Gasteiger partial charge is 0.348 e. The third-order valence-electron chi connectivity index (χ3n) is 2.76. The molecular weight excluding hydrogens is 296 g/mol. The molecule has 0 atom stereocenters. The van der Waals surface area contributed by atoms with Gasteiger partial charge in [0, 0.05) is 4.90 Å². The molecule has 0 N–H and O–H groups in total. The van der Waals surface area contributed by atoms with E-state index in [9.17, 15) is 4.79 Å². The summed E-state index contributed by atoms with van der Waals surface area (Å²) in [4.78, 5) is 13.6. The Labute approximate surface area is 135 Å². The van der Waals surface area contributed by atoms with Crippen LogP contribution in [-0.4, -0.2) is 12.6 Å². The van der Waals surface area contributed by atoms with E-state index in [0.717, 1.165) is 4.90 Å². The summed E-state index contributed by atoms with van der Waals surface area (Å²) >= 11 is 1.34. The molecule has 114 valence electrons. The molecule has 0 aliphatic heterocycles. The van der Waals surface area contributed by atoms with E-state index < -0.39 is 0 Å². The molecule has 2 aromatic carbocycles. The maximum absolute atomic E-state index is 12.2. The molecule has 0 saturated carbocycles. The van der Waals surface area contributed by atoms with Crippen molar-refractivity contribution in [1.29, 1.82) is 0 Å². The van der Waals surface area contributed by atoms with Gasteiger partial charge >= 0.3 is 5.97 Å². The molecule has 0 saturated heterocycles. The van der Waals surface area contributed by atoms with E-state index in [1.54, 1.807) is 13.8 Å². The molecule has 0 aromatic heterocycles. The molecule has 0 heterocycles. The maximum atomic E-state index is 12.2. The third-order valence-corrected chi connectivity index (χ3v) is 3.92. The van der Waals surface area contributed by atoms with Gasteiger partial charge in [-0.25, -0.2) is 4.79 Å². The van der Waals surface area contributed by atoms with Gasteiger partial charge < -0.3 is 9.47 Å². The van der Waals surface area contributed by atoms with Crippen LogP contribution in [0.1, 0.15) is 13.8 Å². The number of thioether (sulfide) groups is 1. The molecule has 4 heteroatoms. The monoisotopic (exact) mass is 314 g/mol. The molecule has 0 amide bonds. The lowest BCUT2D eigenvalue weighted by molar-refractivity contribution is -0.137. The summed E-state index contributed by atoms with van der Waals surface area (Å²) in [7, 11) is 0. The second kappa shape index (κ2) is 8.29. The van der Waals surface area contributed by atoms with E-state index in [1.165, 1.54) is 11.8 Å². The molecule has 0 unspecified atom stereocenters. The summed E-state index contributed by atoms with van der Waals surface area (Å²) < 4.78 is 10.9. The average molecular weight is 314 g/mol. The summed E-state index contributed by atoms with van der Waals surface area (Å²) in [6, 6.07) is 19.1. The number of esters is 1. The summed E-state index contributed by atoms with van der Waals surface area (Å²) in [6.45, 7) is 3.89. The number of benzene rings is 2. The Morgan fingerprint density at radius 1 is 1.00 bits per heavy atom. The summed E-state index contributed by atoms with van der Waals surface area (Å²) in [5.41, 5.74) is 0. The van der Waals surface area contributed by atoms with Gasteiger partial charge in [0.1, 0.15) is 16.4 Å². The van der Waals surface area contributed by atoms with Gasteiger partial charge in [-0.15, -0.1) is 0 Å². The van der Waals surface area contributed by atoms with Crippen LogP contribution < -0.4 is 4.74 Å². The number of allylic oxidation sites excluding steroid dienone is 1. The Morgan fingerprint density at radius 2 is 1.59 bits per heavy atom. The zero-order chi connectivity index (χ0) is 15.8. The standard InChI is InChI=1S/C18H18O3S/c1-3-20-18(19)17(22-16-12-8-5-9-13-16)14(2)21-15-10-6-4-7-11-15/h4-13H,3H2,1-2H3/b17-14+. The van der Waals surface area contributed by atoms with Gasteiger partial charge in [0.2, 0.25) is 0 Å². The predicted molar refractivity (Wildman–Crippen MR) is 88.7 cm³/mol. The van der Waals surface area contributed by atoms with Crippen molar-refractivity contribution in [3.63, 3.8) is 0 Å². The second-order valence-corrected chi connectivity index (χ2v) is 5.52. The van der Waals surface area contributed by atoms with E-state index in [1.807, 2.05) is 60.7 Å². The van der Waals surface area contributed by atoms with E-state index in [2.05, 4.69) is 0 Å². The van der Waals surface area contributed by atoms with E-state index >= 15 is 0 Å². The number of ether oxygens (including phenoxy) is 2. The first-order valence-electron chi connectivity index (χ1n) is 7.04. The van der Waals surface area contributed by atoms with Crippen molar-refractivity contribution < 1.29 is 14.3 Å². The largest absolute Gasteiger partial charge is 0.462 e. The lowest BCUT2D eigenvalue weighted by atomic mass is 10.3. The van der Waals surface area contributed by atoms with Gasteiger partial charge in [0.05, 0.1) is 6.61 Å². The highest BCUT2D eigenvalue weighted by Gasteiger charge is 2.17. The fraction of sp³-hybridized carbons (Fsp3) is 0.167. The first-order chi connectivity index (χ1) is 10.7. The zero-order valence-electron chi connectivity index (χ0n) is 12.6. The minimum Gasteiger partial charge on any atom is -0.462 e. The van der Waals surface area contributed by atoms with Crippen molar-refractivity contribution in [2.75, 3.05) is 6.61 Å². The summed E-state index contributed by atoms with van der Waals surface area (Å²) in [5.74, 6) is 0.846. The summed E-state index contributed by atoms with van der Waals surface area (Å²) in [5, 5.41) is 0. The zero-order valence-corrected chi connectivity index (χ0v) is 13.4. The minimum absolute atomic E-state index is 0.330. The average Bonchev–Trinajstić information content (AvgIpc) is 2.54. The van der Waals surface area contributed by atoms with E-state index in [4.69, 9.17) is 9.47 Å². The summed E-state index contributed by atoms with van der Waals surface area (Å²) in [6.07, 6.45) is 0. The number of para-hydroxylation sites is 1.